The fourth-order valence-corrected chi connectivity index (χ4v) is 3.02. The van der Waals surface area contributed by atoms with Gasteiger partial charge < -0.3 is 15.2 Å². The van der Waals surface area contributed by atoms with Crippen LogP contribution >= 0.6 is 11.6 Å². The molecule has 0 aliphatic heterocycles. The summed E-state index contributed by atoms with van der Waals surface area (Å²) in [6.07, 6.45) is 3.95. The molecule has 6 heteroatoms. The van der Waals surface area contributed by atoms with E-state index in [1.807, 2.05) is 0 Å². The molecule has 2 aromatic rings. The Morgan fingerprint density at radius 3 is 2.57 bits per heavy atom. The number of nitrogens with one attached hydrogen (secondary N) is 1. The molecule has 3 N–H and O–H groups in total. The van der Waals surface area contributed by atoms with E-state index in [0.717, 1.165) is 25.7 Å². The highest BCUT2D eigenvalue weighted by Gasteiger charge is 2.24. The molecule has 0 atom stereocenters. The molecule has 1 aliphatic rings. The standard InChI is InChI=1S/C15H15ClN2O3/c16-10-7-9(5-6-11(10)19)13-17-14(20)12(15(21)18-13)8-3-1-2-4-8/h5-8,19H,1-4H2,(H2,17,18,20,21). The predicted octanol–water partition coefficient (Wildman–Crippen LogP) is 3.16. The number of aromatic nitrogens is 2. The monoisotopic (exact) mass is 306 g/mol. The van der Waals surface area contributed by atoms with Crippen molar-refractivity contribution in [2.75, 3.05) is 0 Å². The molecule has 1 aliphatic carbocycles. The van der Waals surface area contributed by atoms with Gasteiger partial charge in [0.05, 0.1) is 10.6 Å². The predicted molar refractivity (Wildman–Crippen MR) is 79.8 cm³/mol. The summed E-state index contributed by atoms with van der Waals surface area (Å²) in [5, 5.41) is 19.7. The molecular formula is C15H15ClN2O3. The summed E-state index contributed by atoms with van der Waals surface area (Å²) in [5.41, 5.74) is 0.595. The Bertz CT molecular complexity index is 736. The third-order valence-corrected chi connectivity index (χ3v) is 4.22. The van der Waals surface area contributed by atoms with Crippen LogP contribution in [0.4, 0.5) is 0 Å². The Morgan fingerprint density at radius 2 is 1.95 bits per heavy atom. The molecule has 0 bridgehead atoms. The fourth-order valence-electron chi connectivity index (χ4n) is 2.84. The Balaban J connectivity index is 2.05. The summed E-state index contributed by atoms with van der Waals surface area (Å²) in [6.45, 7) is 0. The number of hydrogen-bond donors (Lipinski definition) is 3. The Labute approximate surface area is 126 Å². The number of phenols is 1. The highest BCUT2D eigenvalue weighted by molar-refractivity contribution is 6.32. The fraction of sp³-hybridized carbons (Fsp3) is 0.333. The Kier molecular flexibility index (Phi) is 3.59. The number of rotatable bonds is 2. The van der Waals surface area contributed by atoms with Gasteiger partial charge in [-0.1, -0.05) is 24.4 Å². The number of halogens is 1. The van der Waals surface area contributed by atoms with Crippen molar-refractivity contribution in [2.45, 2.75) is 31.6 Å². The second-order valence-corrected chi connectivity index (χ2v) is 5.71. The second-order valence-electron chi connectivity index (χ2n) is 5.30. The number of aromatic hydroxyl groups is 2. The summed E-state index contributed by atoms with van der Waals surface area (Å²) in [7, 11) is 0. The summed E-state index contributed by atoms with van der Waals surface area (Å²) >= 11 is 5.85. The van der Waals surface area contributed by atoms with Crippen LogP contribution in [0, 0.1) is 0 Å². The summed E-state index contributed by atoms with van der Waals surface area (Å²) < 4.78 is 0. The maximum absolute atomic E-state index is 12.2. The van der Waals surface area contributed by atoms with E-state index < -0.39 is 0 Å². The first-order valence-corrected chi connectivity index (χ1v) is 7.26. The molecule has 1 fully saturated rings. The van der Waals surface area contributed by atoms with Crippen molar-refractivity contribution >= 4 is 11.6 Å². The number of aromatic amines is 1. The van der Waals surface area contributed by atoms with Crippen LogP contribution in [0.3, 0.4) is 0 Å². The summed E-state index contributed by atoms with van der Waals surface area (Å²) in [5.74, 6) is 0.0549. The maximum atomic E-state index is 12.2. The smallest absolute Gasteiger partial charge is 0.258 e. The number of H-pyrrole nitrogens is 1. The second kappa shape index (κ2) is 5.41. The molecule has 1 aromatic carbocycles. The summed E-state index contributed by atoms with van der Waals surface area (Å²) in [4.78, 5) is 19.0. The number of benzene rings is 1. The van der Waals surface area contributed by atoms with E-state index in [0.29, 0.717) is 11.1 Å². The third-order valence-electron chi connectivity index (χ3n) is 3.92. The molecule has 1 heterocycles. The third kappa shape index (κ3) is 2.61. The molecule has 1 aromatic heterocycles. The van der Waals surface area contributed by atoms with Gasteiger partial charge in [0.25, 0.3) is 5.56 Å². The molecule has 0 amide bonds. The van der Waals surface area contributed by atoms with Gasteiger partial charge in [0.1, 0.15) is 11.6 Å². The zero-order chi connectivity index (χ0) is 15.0. The molecule has 3 rings (SSSR count). The normalized spacial score (nSPS) is 15.5. The van der Waals surface area contributed by atoms with E-state index in [-0.39, 0.29) is 34.0 Å². The minimum absolute atomic E-state index is 0.0467. The molecule has 0 saturated heterocycles. The lowest BCUT2D eigenvalue weighted by Gasteiger charge is -2.11. The van der Waals surface area contributed by atoms with E-state index in [1.54, 1.807) is 6.07 Å². The van der Waals surface area contributed by atoms with Crippen molar-refractivity contribution in [3.05, 3.63) is 39.1 Å². The lowest BCUT2D eigenvalue weighted by molar-refractivity contribution is 0.436. The van der Waals surface area contributed by atoms with Crippen molar-refractivity contribution in [3.8, 4) is 23.0 Å². The van der Waals surface area contributed by atoms with Crippen LogP contribution in [0.2, 0.25) is 5.02 Å². The highest BCUT2D eigenvalue weighted by atomic mass is 35.5. The van der Waals surface area contributed by atoms with Crippen molar-refractivity contribution in [1.82, 2.24) is 9.97 Å². The topological polar surface area (TPSA) is 86.2 Å². The van der Waals surface area contributed by atoms with Gasteiger partial charge in [0.15, 0.2) is 0 Å². The Hall–Kier alpha value is -2.01. The van der Waals surface area contributed by atoms with Crippen LogP contribution in [-0.2, 0) is 0 Å². The quantitative estimate of drug-likeness (QED) is 0.795. The van der Waals surface area contributed by atoms with Crippen molar-refractivity contribution in [1.29, 1.82) is 0 Å². The van der Waals surface area contributed by atoms with E-state index in [9.17, 15) is 15.0 Å². The van der Waals surface area contributed by atoms with Gasteiger partial charge in [0, 0.05) is 5.56 Å². The van der Waals surface area contributed by atoms with Crippen LogP contribution in [0.1, 0.15) is 37.2 Å². The number of nitrogens with zero attached hydrogens (tertiary/aromatic N) is 1. The minimum atomic E-state index is -0.311. The van der Waals surface area contributed by atoms with Crippen LogP contribution in [0.25, 0.3) is 11.4 Å². The molecular weight excluding hydrogens is 292 g/mol. The number of hydrogen-bond acceptors (Lipinski definition) is 4. The molecule has 0 unspecified atom stereocenters. The first-order valence-electron chi connectivity index (χ1n) is 6.88. The van der Waals surface area contributed by atoms with Gasteiger partial charge in [-0.15, -0.1) is 0 Å². The zero-order valence-corrected chi connectivity index (χ0v) is 12.0. The largest absolute Gasteiger partial charge is 0.506 e. The zero-order valence-electron chi connectivity index (χ0n) is 11.3. The van der Waals surface area contributed by atoms with E-state index in [2.05, 4.69) is 9.97 Å². The molecule has 110 valence electrons. The first kappa shape index (κ1) is 13.9. The first-order chi connectivity index (χ1) is 10.1. The minimum Gasteiger partial charge on any atom is -0.506 e. The van der Waals surface area contributed by atoms with Crippen molar-refractivity contribution in [3.63, 3.8) is 0 Å². The van der Waals surface area contributed by atoms with Crippen molar-refractivity contribution in [2.24, 2.45) is 0 Å². The van der Waals surface area contributed by atoms with Gasteiger partial charge >= 0.3 is 0 Å². The molecule has 0 spiro atoms. The SMILES string of the molecule is O=c1[nH]c(-c2ccc(O)c(Cl)c2)nc(O)c1C1CCCC1. The lowest BCUT2D eigenvalue weighted by Crippen LogP contribution is -2.17. The van der Waals surface area contributed by atoms with Crippen LogP contribution in [0.5, 0.6) is 11.6 Å². The van der Waals surface area contributed by atoms with E-state index in [1.165, 1.54) is 12.1 Å². The average molecular weight is 307 g/mol. The lowest BCUT2D eigenvalue weighted by atomic mass is 10.00. The van der Waals surface area contributed by atoms with Gasteiger partial charge in [-0.05, 0) is 37.0 Å². The van der Waals surface area contributed by atoms with Crippen molar-refractivity contribution < 1.29 is 10.2 Å². The molecule has 0 radical (unpaired) electrons. The average Bonchev–Trinajstić information content (AvgIpc) is 2.95. The van der Waals surface area contributed by atoms with Crippen LogP contribution in [-0.4, -0.2) is 20.2 Å². The van der Waals surface area contributed by atoms with E-state index >= 15 is 0 Å². The van der Waals surface area contributed by atoms with Crippen LogP contribution < -0.4 is 5.56 Å². The molecule has 21 heavy (non-hydrogen) atoms. The molecule has 1 saturated carbocycles. The summed E-state index contributed by atoms with van der Waals surface area (Å²) in [6, 6.07) is 4.48. The Morgan fingerprint density at radius 1 is 1.24 bits per heavy atom. The number of phenolic OH excluding ortho intramolecular Hbond substituents is 1. The van der Waals surface area contributed by atoms with Gasteiger partial charge in [-0.2, -0.15) is 4.98 Å². The van der Waals surface area contributed by atoms with Gasteiger partial charge in [-0.3, -0.25) is 4.79 Å². The van der Waals surface area contributed by atoms with Gasteiger partial charge in [-0.25, -0.2) is 0 Å². The van der Waals surface area contributed by atoms with Crippen LogP contribution in [0.15, 0.2) is 23.0 Å². The highest BCUT2D eigenvalue weighted by Crippen LogP contribution is 2.36. The maximum Gasteiger partial charge on any atom is 0.258 e. The van der Waals surface area contributed by atoms with Gasteiger partial charge in [0.2, 0.25) is 5.88 Å². The van der Waals surface area contributed by atoms with E-state index in [4.69, 9.17) is 11.6 Å². The molecule has 5 nitrogen and oxygen atoms in total.